The number of unbranched alkanes of at least 4 members (excludes halogenated alkanes) is 2. The molecule has 0 unspecified atom stereocenters. The van der Waals surface area contributed by atoms with Crippen LogP contribution < -0.4 is 0 Å². The molecule has 0 spiro atoms. The summed E-state index contributed by atoms with van der Waals surface area (Å²) in [6.45, 7) is 13.8. The van der Waals surface area contributed by atoms with E-state index in [9.17, 15) is 28.8 Å². The van der Waals surface area contributed by atoms with Crippen molar-refractivity contribution in [1.29, 1.82) is 0 Å². The minimum atomic E-state index is -0.637. The Balaban J connectivity index is -0.000000103. The Morgan fingerprint density at radius 1 is 0.625 bits per heavy atom. The average molecular weight is 494 g/mol. The SMILES string of the molecule is CCCCO.CCCCO.[CH2-]CC(=O)C(=O)CC(C)=O.[CH2-]CC(=O)C(=O)CC(C)=O.[O]=[Ti+2]. The molecule has 0 aromatic rings. The van der Waals surface area contributed by atoms with Gasteiger partial charge in [0.15, 0.2) is 11.6 Å². The molecule has 0 rings (SSSR count). The first-order valence-corrected chi connectivity index (χ1v) is 10.7. The van der Waals surface area contributed by atoms with Gasteiger partial charge in [0.25, 0.3) is 0 Å². The second-order valence-electron chi connectivity index (χ2n) is 6.10. The van der Waals surface area contributed by atoms with Gasteiger partial charge in [0, 0.05) is 13.2 Å². The third-order valence-electron chi connectivity index (χ3n) is 2.92. The number of aliphatic hydroxyl groups excluding tert-OH is 2. The number of hydrogen-bond acceptors (Lipinski definition) is 9. The van der Waals surface area contributed by atoms with Crippen LogP contribution in [0.25, 0.3) is 0 Å². The van der Waals surface area contributed by atoms with E-state index >= 15 is 0 Å². The zero-order valence-electron chi connectivity index (χ0n) is 19.7. The van der Waals surface area contributed by atoms with Crippen molar-refractivity contribution >= 4 is 34.7 Å². The summed E-state index contributed by atoms with van der Waals surface area (Å²) in [7, 11) is 0. The van der Waals surface area contributed by atoms with E-state index in [-0.39, 0.29) is 37.2 Å². The number of ketones is 6. The van der Waals surface area contributed by atoms with Crippen molar-refractivity contribution in [3.05, 3.63) is 13.8 Å². The van der Waals surface area contributed by atoms with Gasteiger partial charge in [0.2, 0.25) is 11.6 Å². The zero-order chi connectivity index (χ0) is 26.5. The third kappa shape index (κ3) is 42.5. The van der Waals surface area contributed by atoms with Crippen LogP contribution in [0.15, 0.2) is 0 Å². The molecule has 0 saturated heterocycles. The molecular formula is C22H38O9Ti. The molecule has 0 saturated carbocycles. The van der Waals surface area contributed by atoms with Gasteiger partial charge in [-0.05, 0) is 26.7 Å². The van der Waals surface area contributed by atoms with Gasteiger partial charge in [-0.1, -0.05) is 26.7 Å². The minimum absolute atomic E-state index is 0.0634. The van der Waals surface area contributed by atoms with E-state index in [0.717, 1.165) is 46.1 Å². The molecule has 9 nitrogen and oxygen atoms in total. The molecule has 32 heavy (non-hydrogen) atoms. The molecule has 0 atom stereocenters. The van der Waals surface area contributed by atoms with E-state index in [4.69, 9.17) is 13.5 Å². The van der Waals surface area contributed by atoms with Crippen LogP contribution in [0.5, 0.6) is 0 Å². The number of carbonyl (C=O) groups excluding carboxylic acids is 6. The molecule has 0 heterocycles. The van der Waals surface area contributed by atoms with Crippen molar-refractivity contribution < 1.29 is 62.7 Å². The number of Topliss-reactive ketones (excluding diaryl/α,β-unsaturated/α-hetero) is 6. The summed E-state index contributed by atoms with van der Waals surface area (Å²) in [6.07, 6.45) is 3.38. The van der Waals surface area contributed by atoms with Gasteiger partial charge in [-0.3, -0.25) is 28.8 Å². The van der Waals surface area contributed by atoms with Crippen molar-refractivity contribution in [2.75, 3.05) is 13.2 Å². The standard InChI is InChI=1S/2C7H9O3.2C4H10O.O.Ti/c2*1-3-6(9)7(10)4-5(2)8;2*1-2-3-4-5;;/h2*1,3-4H2,2H3;2*5H,2-4H2,1H3;;/q2*-1;;;;+2. The van der Waals surface area contributed by atoms with Crippen LogP contribution in [-0.4, -0.2) is 58.1 Å². The summed E-state index contributed by atoms with van der Waals surface area (Å²) in [5, 5.41) is 16.1. The predicted octanol–water partition coefficient (Wildman–Crippen LogP) is 2.09. The maximum absolute atomic E-state index is 10.6. The first-order valence-electron chi connectivity index (χ1n) is 10.1. The van der Waals surface area contributed by atoms with Crippen molar-refractivity contribution in [2.24, 2.45) is 0 Å². The Morgan fingerprint density at radius 2 is 0.875 bits per heavy atom. The molecule has 0 fully saturated rings. The van der Waals surface area contributed by atoms with Crippen LogP contribution in [0.4, 0.5) is 0 Å². The predicted molar refractivity (Wildman–Crippen MR) is 115 cm³/mol. The Kier molecular flexibility index (Phi) is 43.4. The summed E-state index contributed by atoms with van der Waals surface area (Å²) in [4.78, 5) is 62.7. The number of aliphatic hydroxyl groups is 2. The normalized spacial score (nSPS) is 8.44. The van der Waals surface area contributed by atoms with Crippen LogP contribution in [-0.2, 0) is 52.5 Å². The van der Waals surface area contributed by atoms with Crippen molar-refractivity contribution in [3.8, 4) is 0 Å². The fraction of sp³-hybridized carbons (Fsp3) is 0.636. The van der Waals surface area contributed by atoms with E-state index in [1.54, 1.807) is 0 Å². The molecule has 2 N–H and O–H groups in total. The number of hydrogen-bond donors (Lipinski definition) is 2. The second kappa shape index (κ2) is 34.1. The van der Waals surface area contributed by atoms with E-state index in [0.29, 0.717) is 13.2 Å². The summed E-state index contributed by atoms with van der Waals surface area (Å²) >= 11 is 0.750. The second-order valence-corrected chi connectivity index (χ2v) is 6.10. The van der Waals surface area contributed by atoms with Gasteiger partial charge in [-0.15, -0.1) is 12.8 Å². The zero-order valence-corrected chi connectivity index (χ0v) is 21.3. The topological polar surface area (TPSA) is 160 Å². The van der Waals surface area contributed by atoms with Crippen LogP contribution in [0.1, 0.15) is 79.1 Å². The van der Waals surface area contributed by atoms with Crippen molar-refractivity contribution in [2.45, 2.75) is 79.1 Å². The van der Waals surface area contributed by atoms with Gasteiger partial charge >= 0.3 is 23.7 Å². The molecule has 184 valence electrons. The Labute approximate surface area is 203 Å². The molecule has 0 aliphatic heterocycles. The number of rotatable bonds is 12. The van der Waals surface area contributed by atoms with E-state index < -0.39 is 23.1 Å². The molecule has 0 aliphatic carbocycles. The van der Waals surface area contributed by atoms with E-state index in [1.807, 2.05) is 0 Å². The van der Waals surface area contributed by atoms with Crippen molar-refractivity contribution in [3.63, 3.8) is 0 Å². The summed E-state index contributed by atoms with van der Waals surface area (Å²) in [5.41, 5.74) is 0. The summed E-state index contributed by atoms with van der Waals surface area (Å²) in [5.74, 6) is -2.99. The fourth-order valence-corrected chi connectivity index (χ4v) is 1.24. The summed E-state index contributed by atoms with van der Waals surface area (Å²) in [6, 6.07) is 0. The average Bonchev–Trinajstić information content (AvgIpc) is 2.75. The van der Waals surface area contributed by atoms with E-state index in [2.05, 4.69) is 27.7 Å². The van der Waals surface area contributed by atoms with Gasteiger partial charge in [0.05, 0.1) is 12.8 Å². The quantitative estimate of drug-likeness (QED) is 0.179. The Bertz CT molecular complexity index is 481. The van der Waals surface area contributed by atoms with Crippen LogP contribution in [0, 0.1) is 13.8 Å². The molecule has 10 heteroatoms. The monoisotopic (exact) mass is 494 g/mol. The van der Waals surface area contributed by atoms with Crippen LogP contribution >= 0.6 is 0 Å². The third-order valence-corrected chi connectivity index (χ3v) is 2.92. The van der Waals surface area contributed by atoms with Gasteiger partial charge in [0.1, 0.15) is 11.6 Å². The molecule has 0 bridgehead atoms. The fourth-order valence-electron chi connectivity index (χ4n) is 1.24. The van der Waals surface area contributed by atoms with Crippen LogP contribution in [0.3, 0.4) is 0 Å². The molecular weight excluding hydrogens is 456 g/mol. The van der Waals surface area contributed by atoms with Gasteiger partial charge in [-0.25, -0.2) is 0 Å². The number of carbonyl (C=O) groups is 6. The molecule has 0 radical (unpaired) electrons. The maximum atomic E-state index is 10.6. The Hall–Kier alpha value is -1.55. The first-order chi connectivity index (χ1) is 15.0. The van der Waals surface area contributed by atoms with Crippen LogP contribution in [0.2, 0.25) is 0 Å². The van der Waals surface area contributed by atoms with Gasteiger partial charge < -0.3 is 24.1 Å². The molecule has 0 amide bonds. The molecule has 0 aromatic heterocycles. The molecule has 0 aliphatic rings. The van der Waals surface area contributed by atoms with Crippen molar-refractivity contribution in [1.82, 2.24) is 0 Å². The Morgan fingerprint density at radius 3 is 0.969 bits per heavy atom. The first kappa shape index (κ1) is 40.8. The van der Waals surface area contributed by atoms with E-state index in [1.165, 1.54) is 13.8 Å². The van der Waals surface area contributed by atoms with Gasteiger partial charge in [-0.2, -0.15) is 0 Å². The molecule has 0 aromatic carbocycles. The summed E-state index contributed by atoms with van der Waals surface area (Å²) < 4.78 is 8.25.